The molecular weight excluding hydrogens is 612 g/mol. The van der Waals surface area contributed by atoms with Crippen LogP contribution in [-0.2, 0) is 6.54 Å². The van der Waals surface area contributed by atoms with Gasteiger partial charge in [0.2, 0.25) is 0 Å². The average Bonchev–Trinajstić information content (AvgIpc) is 3.67. The molecule has 3 saturated carbocycles. The molecule has 4 heterocycles. The number of hydrogen-bond donors (Lipinski definition) is 2. The van der Waals surface area contributed by atoms with Crippen LogP contribution in [0.3, 0.4) is 0 Å². The van der Waals surface area contributed by atoms with Crippen LogP contribution in [-0.4, -0.2) is 179 Å². The normalized spacial score (nSPS) is 27.8. The molecule has 6 aliphatic rings. The smallest absolute Gasteiger partial charge is 0.137 e. The standard InChI is InChI=1S/C14H25N5.C12H25N3.C12H24N2O/c1-17-7-9-18(10-8-17)14(5-3-2-4-6-14)11-19-13-15-12-16-19;1-14-7-9-15(10-8-14)12(11-13)5-3-2-4-6-12;1-13-7-9-14(10-8-13)12(11-15)5-3-2-4-6-12/h12-13H,2-11H2,1H3;2-11,13H2,1H3;15H,2-11H2,1H3. The number of hydrogen-bond acceptors (Lipinski definition) is 10. The van der Waals surface area contributed by atoms with Crippen molar-refractivity contribution in [1.82, 2.24) is 44.2 Å². The summed E-state index contributed by atoms with van der Waals surface area (Å²) in [6, 6.07) is 0. The number of likely N-dealkylation sites (N-methyl/N-ethyl adjacent to an activating group) is 3. The van der Waals surface area contributed by atoms with Gasteiger partial charge in [-0.2, -0.15) is 5.10 Å². The number of aliphatic hydroxyl groups is 1. The van der Waals surface area contributed by atoms with Crippen molar-refractivity contribution in [2.75, 3.05) is 113 Å². The minimum Gasteiger partial charge on any atom is -0.394 e. The number of piperazine rings is 3. The van der Waals surface area contributed by atoms with Crippen molar-refractivity contribution in [3.8, 4) is 0 Å². The maximum Gasteiger partial charge on any atom is 0.137 e. The number of aliphatic hydroxyl groups excluding tert-OH is 1. The molecule has 6 fully saturated rings. The van der Waals surface area contributed by atoms with Crippen molar-refractivity contribution in [3.05, 3.63) is 12.7 Å². The van der Waals surface area contributed by atoms with E-state index in [1.54, 1.807) is 6.33 Å². The fourth-order valence-corrected chi connectivity index (χ4v) is 9.89. The van der Waals surface area contributed by atoms with Crippen molar-refractivity contribution in [1.29, 1.82) is 0 Å². The van der Waals surface area contributed by atoms with E-state index in [1.807, 2.05) is 11.0 Å². The first-order chi connectivity index (χ1) is 23.8. The Labute approximate surface area is 299 Å². The zero-order valence-electron chi connectivity index (χ0n) is 31.9. The average molecular weight is 687 g/mol. The van der Waals surface area contributed by atoms with Gasteiger partial charge in [0, 0.05) is 102 Å². The van der Waals surface area contributed by atoms with E-state index in [9.17, 15) is 5.11 Å². The molecule has 0 aromatic carbocycles. The topological polar surface area (TPSA) is 96.4 Å². The SMILES string of the molecule is CN1CCN(C2(CN)CCCCC2)CC1.CN1CCN(C2(CO)CCCCC2)CC1.CN1CCN(C2(Cn3cncn3)CCCCC2)CC1. The van der Waals surface area contributed by atoms with Gasteiger partial charge >= 0.3 is 0 Å². The molecule has 49 heavy (non-hydrogen) atoms. The Bertz CT molecular complexity index is 969. The Morgan fingerprint density at radius 1 is 0.531 bits per heavy atom. The van der Waals surface area contributed by atoms with Crippen molar-refractivity contribution < 1.29 is 5.11 Å². The van der Waals surface area contributed by atoms with Crippen LogP contribution in [0.2, 0.25) is 0 Å². The summed E-state index contributed by atoms with van der Waals surface area (Å²) in [5.74, 6) is 0. The summed E-state index contributed by atoms with van der Waals surface area (Å²) < 4.78 is 2.03. The number of nitrogens with zero attached hydrogens (tertiary/aromatic N) is 9. The van der Waals surface area contributed by atoms with E-state index in [4.69, 9.17) is 5.73 Å². The van der Waals surface area contributed by atoms with Gasteiger partial charge in [0.1, 0.15) is 12.7 Å². The second-order valence-electron chi connectivity index (χ2n) is 16.7. The molecule has 282 valence electrons. The van der Waals surface area contributed by atoms with E-state index in [0.29, 0.717) is 17.7 Å². The van der Waals surface area contributed by atoms with Gasteiger partial charge in [-0.05, 0) is 59.7 Å². The number of nitrogens with two attached hydrogens (primary N) is 1. The highest BCUT2D eigenvalue weighted by atomic mass is 16.3. The van der Waals surface area contributed by atoms with Crippen molar-refractivity contribution in [2.45, 2.75) is 119 Å². The van der Waals surface area contributed by atoms with Crippen LogP contribution >= 0.6 is 0 Å². The predicted octanol–water partition coefficient (Wildman–Crippen LogP) is 3.05. The number of aromatic nitrogens is 3. The van der Waals surface area contributed by atoms with Crippen LogP contribution in [0.5, 0.6) is 0 Å². The first-order valence-electron chi connectivity index (χ1n) is 20.3. The highest BCUT2D eigenvalue weighted by molar-refractivity contribution is 4.97. The summed E-state index contributed by atoms with van der Waals surface area (Å²) in [6.07, 6.45) is 23.5. The first kappa shape index (κ1) is 39.0. The molecule has 0 atom stereocenters. The summed E-state index contributed by atoms with van der Waals surface area (Å²) in [7, 11) is 6.62. The minimum atomic E-state index is 0.138. The molecule has 3 aliphatic heterocycles. The van der Waals surface area contributed by atoms with Gasteiger partial charge in [-0.15, -0.1) is 0 Å². The maximum atomic E-state index is 9.70. The molecule has 1 aromatic heterocycles. The third-order valence-electron chi connectivity index (χ3n) is 13.5. The summed E-state index contributed by atoms with van der Waals surface area (Å²) in [5.41, 5.74) is 6.87. The Morgan fingerprint density at radius 3 is 1.27 bits per heavy atom. The summed E-state index contributed by atoms with van der Waals surface area (Å²) >= 11 is 0. The summed E-state index contributed by atoms with van der Waals surface area (Å²) in [4.78, 5) is 19.3. The molecule has 0 radical (unpaired) electrons. The van der Waals surface area contributed by atoms with Crippen molar-refractivity contribution >= 4 is 0 Å². The van der Waals surface area contributed by atoms with Gasteiger partial charge in [-0.3, -0.25) is 19.4 Å². The molecular formula is C38H74N10O. The largest absolute Gasteiger partial charge is 0.394 e. The maximum absolute atomic E-state index is 9.70. The molecule has 1 aromatic rings. The molecule has 11 heteroatoms. The minimum absolute atomic E-state index is 0.138. The van der Waals surface area contributed by atoms with Gasteiger partial charge in [-0.1, -0.05) is 57.8 Å². The molecule has 7 rings (SSSR count). The Morgan fingerprint density at radius 2 is 0.898 bits per heavy atom. The van der Waals surface area contributed by atoms with Crippen molar-refractivity contribution in [2.24, 2.45) is 5.73 Å². The quantitative estimate of drug-likeness (QED) is 0.446. The lowest BCUT2D eigenvalue weighted by Crippen LogP contribution is -2.60. The summed E-state index contributed by atoms with van der Waals surface area (Å²) in [6.45, 7) is 16.4. The highest BCUT2D eigenvalue weighted by Gasteiger charge is 2.41. The van der Waals surface area contributed by atoms with E-state index in [2.05, 4.69) is 60.6 Å². The van der Waals surface area contributed by atoms with Crippen LogP contribution < -0.4 is 5.73 Å². The predicted molar refractivity (Wildman–Crippen MR) is 201 cm³/mol. The molecule has 11 nitrogen and oxygen atoms in total. The van der Waals surface area contributed by atoms with E-state index in [-0.39, 0.29) is 5.54 Å². The molecule has 0 amide bonds. The number of rotatable bonds is 7. The van der Waals surface area contributed by atoms with Gasteiger partial charge in [0.15, 0.2) is 0 Å². The third kappa shape index (κ3) is 10.5. The van der Waals surface area contributed by atoms with Crippen LogP contribution in [0.1, 0.15) is 96.3 Å². The Hall–Kier alpha value is -1.18. The van der Waals surface area contributed by atoms with E-state index in [1.165, 1.54) is 149 Å². The fourth-order valence-electron chi connectivity index (χ4n) is 9.89. The monoisotopic (exact) mass is 687 g/mol. The van der Waals surface area contributed by atoms with Gasteiger partial charge < -0.3 is 25.5 Å². The lowest BCUT2D eigenvalue weighted by Gasteiger charge is -2.49. The van der Waals surface area contributed by atoms with Gasteiger partial charge in [0.05, 0.1) is 13.2 Å². The molecule has 3 aliphatic carbocycles. The van der Waals surface area contributed by atoms with Crippen LogP contribution in [0.15, 0.2) is 12.7 Å². The lowest BCUT2D eigenvalue weighted by molar-refractivity contribution is -0.0232. The van der Waals surface area contributed by atoms with Gasteiger partial charge in [0.25, 0.3) is 0 Å². The third-order valence-corrected chi connectivity index (χ3v) is 13.5. The van der Waals surface area contributed by atoms with E-state index in [0.717, 1.165) is 39.3 Å². The van der Waals surface area contributed by atoms with E-state index < -0.39 is 0 Å². The zero-order chi connectivity index (χ0) is 34.6. The van der Waals surface area contributed by atoms with Crippen LogP contribution in [0.4, 0.5) is 0 Å². The Balaban J connectivity index is 0.000000145. The molecule has 3 saturated heterocycles. The highest BCUT2D eigenvalue weighted by Crippen LogP contribution is 2.36. The Kier molecular flexibility index (Phi) is 15.2. The second kappa shape index (κ2) is 19.1. The summed E-state index contributed by atoms with van der Waals surface area (Å²) in [5, 5.41) is 14.0. The molecule has 0 spiro atoms. The van der Waals surface area contributed by atoms with Crippen LogP contribution in [0.25, 0.3) is 0 Å². The van der Waals surface area contributed by atoms with Gasteiger partial charge in [-0.25, -0.2) is 4.98 Å². The second-order valence-corrected chi connectivity index (χ2v) is 16.7. The zero-order valence-corrected chi connectivity index (χ0v) is 31.9. The molecule has 3 N–H and O–H groups in total. The first-order valence-corrected chi connectivity index (χ1v) is 20.3. The molecule has 0 bridgehead atoms. The van der Waals surface area contributed by atoms with Crippen LogP contribution in [0, 0.1) is 0 Å². The molecule has 0 unspecified atom stereocenters. The van der Waals surface area contributed by atoms with Crippen molar-refractivity contribution in [3.63, 3.8) is 0 Å². The lowest BCUT2D eigenvalue weighted by atomic mass is 9.79. The van der Waals surface area contributed by atoms with E-state index >= 15 is 0 Å². The fraction of sp³-hybridized carbons (Fsp3) is 0.947.